The maximum Gasteiger partial charge on any atom is 0.407 e. The summed E-state index contributed by atoms with van der Waals surface area (Å²) in [6.07, 6.45) is 8.81. The third kappa shape index (κ3) is 6.07. The number of hydrogen-bond donors (Lipinski definition) is 4. The summed E-state index contributed by atoms with van der Waals surface area (Å²) in [7, 11) is 0. The lowest BCUT2D eigenvalue weighted by Gasteiger charge is -2.30. The van der Waals surface area contributed by atoms with E-state index >= 15 is 0 Å². The smallest absolute Gasteiger partial charge is 0.407 e. The van der Waals surface area contributed by atoms with E-state index in [9.17, 15) is 14.0 Å². The van der Waals surface area contributed by atoms with Crippen molar-refractivity contribution in [3.63, 3.8) is 0 Å². The molecule has 3 aromatic heterocycles. The van der Waals surface area contributed by atoms with E-state index in [0.29, 0.717) is 17.5 Å². The van der Waals surface area contributed by atoms with Gasteiger partial charge in [-0.2, -0.15) is 0 Å². The molecule has 0 saturated heterocycles. The van der Waals surface area contributed by atoms with E-state index in [1.54, 1.807) is 0 Å². The number of amides is 2. The Balaban J connectivity index is 1.31. The number of hydrogen-bond acceptors (Lipinski definition) is 8. The SMILES string of the molecule is CC(C)OC(=O)NC1CCC(Nc2cc(NC3CC3)c3ncc(C(=O)Nc4ccncc4F)n3n2)CC1. The van der Waals surface area contributed by atoms with Crippen LogP contribution in [0.25, 0.3) is 5.65 Å². The fraction of sp³-hybridized carbons (Fsp3) is 0.480. The van der Waals surface area contributed by atoms with Crippen molar-refractivity contribution >= 4 is 34.8 Å². The minimum absolute atomic E-state index is 0.0307. The van der Waals surface area contributed by atoms with E-state index in [1.165, 1.54) is 23.0 Å². The summed E-state index contributed by atoms with van der Waals surface area (Å²) in [5.41, 5.74) is 1.52. The summed E-state index contributed by atoms with van der Waals surface area (Å²) in [6.45, 7) is 3.65. The molecule has 2 aliphatic rings. The molecule has 3 aromatic rings. The van der Waals surface area contributed by atoms with Crippen molar-refractivity contribution in [3.8, 4) is 0 Å². The monoisotopic (exact) mass is 510 g/mol. The minimum Gasteiger partial charge on any atom is -0.447 e. The lowest BCUT2D eigenvalue weighted by Crippen LogP contribution is -2.41. The predicted octanol–water partition coefficient (Wildman–Crippen LogP) is 3.95. The number of aromatic nitrogens is 4. The second-order valence-electron chi connectivity index (χ2n) is 9.84. The van der Waals surface area contributed by atoms with Gasteiger partial charge in [-0.05, 0) is 58.4 Å². The van der Waals surface area contributed by atoms with Crippen molar-refractivity contribution < 1.29 is 18.7 Å². The first-order valence-corrected chi connectivity index (χ1v) is 12.7. The molecule has 196 valence electrons. The van der Waals surface area contributed by atoms with Gasteiger partial charge in [0.25, 0.3) is 5.91 Å². The van der Waals surface area contributed by atoms with Gasteiger partial charge >= 0.3 is 6.09 Å². The van der Waals surface area contributed by atoms with Gasteiger partial charge in [0.1, 0.15) is 5.82 Å². The number of nitrogens with one attached hydrogen (secondary N) is 4. The molecule has 0 spiro atoms. The van der Waals surface area contributed by atoms with Crippen molar-refractivity contribution in [2.45, 2.75) is 76.6 Å². The van der Waals surface area contributed by atoms with E-state index in [-0.39, 0.29) is 35.7 Å². The van der Waals surface area contributed by atoms with Crippen LogP contribution < -0.4 is 21.3 Å². The molecule has 0 aliphatic heterocycles. The Morgan fingerprint density at radius 2 is 1.73 bits per heavy atom. The summed E-state index contributed by atoms with van der Waals surface area (Å²) in [6, 6.07) is 3.90. The van der Waals surface area contributed by atoms with Crippen LogP contribution in [0.15, 0.2) is 30.7 Å². The number of ether oxygens (including phenoxy) is 1. The lowest BCUT2D eigenvalue weighted by molar-refractivity contribution is 0.101. The van der Waals surface area contributed by atoms with Gasteiger partial charge in [-0.25, -0.2) is 18.7 Å². The number of carbonyl (C=O) groups is 2. The quantitative estimate of drug-likeness (QED) is 0.358. The molecule has 37 heavy (non-hydrogen) atoms. The Bertz CT molecular complexity index is 1280. The molecule has 0 atom stereocenters. The van der Waals surface area contributed by atoms with E-state index < -0.39 is 11.7 Å². The number of carbonyl (C=O) groups excluding carboxylic acids is 2. The van der Waals surface area contributed by atoms with E-state index in [0.717, 1.165) is 50.4 Å². The number of anilines is 3. The number of nitrogens with zero attached hydrogens (tertiary/aromatic N) is 4. The molecule has 0 aromatic carbocycles. The Morgan fingerprint density at radius 3 is 2.43 bits per heavy atom. The van der Waals surface area contributed by atoms with Crippen LogP contribution in [0, 0.1) is 5.82 Å². The molecule has 12 heteroatoms. The number of imidazole rings is 1. The van der Waals surface area contributed by atoms with Crippen molar-refractivity contribution in [2.75, 3.05) is 16.0 Å². The summed E-state index contributed by atoms with van der Waals surface area (Å²) < 4.78 is 20.7. The van der Waals surface area contributed by atoms with Gasteiger partial charge in [0.15, 0.2) is 17.2 Å². The predicted molar refractivity (Wildman–Crippen MR) is 136 cm³/mol. The lowest BCUT2D eigenvalue weighted by atomic mass is 9.91. The number of fused-ring (bicyclic) bond motifs is 1. The Labute approximate surface area is 213 Å². The number of rotatable bonds is 8. The highest BCUT2D eigenvalue weighted by molar-refractivity contribution is 6.03. The normalized spacial score (nSPS) is 19.5. The standard InChI is InChI=1S/C25H31FN8O3/c1-14(2)37-25(36)31-17-7-5-16(6-8-17)30-22-11-20(29-15-3-4-15)23-28-13-21(34(23)33-22)24(35)32-19-9-10-27-12-18(19)26/h9-17,29H,3-8H2,1-2H3,(H,30,33)(H,31,36)(H,27,32,35). The molecule has 5 rings (SSSR count). The van der Waals surface area contributed by atoms with Crippen LogP contribution in [0.2, 0.25) is 0 Å². The highest BCUT2D eigenvalue weighted by atomic mass is 19.1. The van der Waals surface area contributed by atoms with Crippen molar-refractivity contribution in [1.29, 1.82) is 0 Å². The molecule has 2 aliphatic carbocycles. The first-order valence-electron chi connectivity index (χ1n) is 12.7. The number of alkyl carbamates (subject to hydrolysis) is 1. The second-order valence-corrected chi connectivity index (χ2v) is 9.84. The zero-order valence-corrected chi connectivity index (χ0v) is 20.8. The topological polar surface area (TPSA) is 135 Å². The van der Waals surface area contributed by atoms with Gasteiger partial charge in [0, 0.05) is 30.4 Å². The third-order valence-electron chi connectivity index (χ3n) is 6.40. The summed E-state index contributed by atoms with van der Waals surface area (Å²) >= 11 is 0. The summed E-state index contributed by atoms with van der Waals surface area (Å²) in [5, 5.41) is 17.1. The molecule has 0 unspecified atom stereocenters. The third-order valence-corrected chi connectivity index (χ3v) is 6.40. The van der Waals surface area contributed by atoms with Crippen molar-refractivity contribution in [1.82, 2.24) is 24.9 Å². The van der Waals surface area contributed by atoms with Crippen LogP contribution >= 0.6 is 0 Å². The highest BCUT2D eigenvalue weighted by Crippen LogP contribution is 2.30. The fourth-order valence-corrected chi connectivity index (χ4v) is 4.42. The van der Waals surface area contributed by atoms with Crippen molar-refractivity contribution in [2.24, 2.45) is 0 Å². The summed E-state index contributed by atoms with van der Waals surface area (Å²) in [4.78, 5) is 33.0. The molecule has 0 radical (unpaired) electrons. The molecule has 0 bridgehead atoms. The number of halogens is 1. The molecule has 3 heterocycles. The molecular weight excluding hydrogens is 479 g/mol. The van der Waals surface area contributed by atoms with Crippen molar-refractivity contribution in [3.05, 3.63) is 42.2 Å². The fourth-order valence-electron chi connectivity index (χ4n) is 4.42. The second kappa shape index (κ2) is 10.6. The Hall–Kier alpha value is -3.96. The molecule has 2 saturated carbocycles. The Kier molecular flexibility index (Phi) is 7.06. The maximum absolute atomic E-state index is 14.0. The first-order chi connectivity index (χ1) is 17.9. The van der Waals surface area contributed by atoms with Crippen LogP contribution in [-0.2, 0) is 4.74 Å². The average Bonchev–Trinajstić information content (AvgIpc) is 3.56. The summed E-state index contributed by atoms with van der Waals surface area (Å²) in [5.74, 6) is -0.549. The van der Waals surface area contributed by atoms with E-state index in [1.807, 2.05) is 19.9 Å². The van der Waals surface area contributed by atoms with Crippen LogP contribution in [-0.4, -0.2) is 55.8 Å². The zero-order valence-electron chi connectivity index (χ0n) is 20.8. The molecule has 2 fully saturated rings. The van der Waals surface area contributed by atoms with E-state index in [2.05, 4.69) is 36.3 Å². The molecule has 2 amide bonds. The van der Waals surface area contributed by atoms with Crippen LogP contribution in [0.5, 0.6) is 0 Å². The van der Waals surface area contributed by atoms with Gasteiger partial charge in [-0.3, -0.25) is 9.78 Å². The maximum atomic E-state index is 14.0. The Morgan fingerprint density at radius 1 is 1.03 bits per heavy atom. The largest absolute Gasteiger partial charge is 0.447 e. The first kappa shape index (κ1) is 24.7. The number of pyridine rings is 1. The molecule has 11 nitrogen and oxygen atoms in total. The minimum atomic E-state index is -0.626. The highest BCUT2D eigenvalue weighted by Gasteiger charge is 2.26. The van der Waals surface area contributed by atoms with Gasteiger partial charge < -0.3 is 26.0 Å². The molecular formula is C25H31FN8O3. The van der Waals surface area contributed by atoms with Gasteiger partial charge in [-0.15, -0.1) is 5.10 Å². The van der Waals surface area contributed by atoms with Gasteiger partial charge in [0.2, 0.25) is 0 Å². The average molecular weight is 511 g/mol. The van der Waals surface area contributed by atoms with Crippen LogP contribution in [0.1, 0.15) is 62.9 Å². The van der Waals surface area contributed by atoms with Crippen LogP contribution in [0.4, 0.5) is 26.4 Å². The molecule has 4 N–H and O–H groups in total. The van der Waals surface area contributed by atoms with E-state index in [4.69, 9.17) is 4.74 Å². The van der Waals surface area contributed by atoms with Gasteiger partial charge in [-0.1, -0.05) is 0 Å². The van der Waals surface area contributed by atoms with Gasteiger partial charge in [0.05, 0.1) is 29.9 Å². The van der Waals surface area contributed by atoms with Crippen LogP contribution in [0.3, 0.4) is 0 Å². The zero-order chi connectivity index (χ0) is 25.9.